The molecule has 0 spiro atoms. The molecule has 4 nitrogen and oxygen atoms in total. The van der Waals surface area contributed by atoms with Crippen LogP contribution in [0.15, 0.2) is 18.2 Å². The lowest BCUT2D eigenvalue weighted by Gasteiger charge is -2.37. The van der Waals surface area contributed by atoms with E-state index in [1.54, 1.807) is 6.92 Å². The lowest BCUT2D eigenvalue weighted by atomic mass is 10.1. The van der Waals surface area contributed by atoms with Crippen LogP contribution in [0.25, 0.3) is 0 Å². The van der Waals surface area contributed by atoms with E-state index in [0.717, 1.165) is 0 Å². The Hall–Kier alpha value is -1.62. The first kappa shape index (κ1) is 13.8. The van der Waals surface area contributed by atoms with E-state index in [2.05, 4.69) is 5.32 Å². The molecule has 6 heteroatoms. The molecule has 0 saturated carbocycles. The number of piperazine rings is 1. The van der Waals surface area contributed by atoms with Crippen molar-refractivity contribution >= 4 is 29.1 Å². The quantitative estimate of drug-likeness (QED) is 0.904. The summed E-state index contributed by atoms with van der Waals surface area (Å²) < 4.78 is 13.2. The average molecular weight is 285 g/mol. The zero-order valence-corrected chi connectivity index (χ0v) is 11.4. The number of hydrogen-bond donors (Lipinski definition) is 1. The minimum Gasteiger partial charge on any atom is -0.343 e. The van der Waals surface area contributed by atoms with Crippen molar-refractivity contribution < 1.29 is 14.0 Å². The number of halogens is 2. The smallest absolute Gasteiger partial charge is 0.250 e. The van der Waals surface area contributed by atoms with Crippen molar-refractivity contribution in [1.29, 1.82) is 0 Å². The summed E-state index contributed by atoms with van der Waals surface area (Å²) in [5.74, 6) is -0.997. The second-order valence-corrected chi connectivity index (χ2v) is 4.86. The molecule has 1 aromatic rings. The summed E-state index contributed by atoms with van der Waals surface area (Å²) in [5, 5.41) is 2.58. The van der Waals surface area contributed by atoms with Crippen LogP contribution < -0.4 is 10.2 Å². The predicted octanol–water partition coefficient (Wildman–Crippen LogP) is 2.11. The minimum atomic E-state index is -0.642. The highest BCUT2D eigenvalue weighted by Crippen LogP contribution is 2.26. The highest BCUT2D eigenvalue weighted by Gasteiger charge is 2.38. The normalized spacial score (nSPS) is 23.5. The molecule has 1 saturated heterocycles. The van der Waals surface area contributed by atoms with Gasteiger partial charge in [-0.1, -0.05) is 18.5 Å². The first-order chi connectivity index (χ1) is 8.95. The van der Waals surface area contributed by atoms with Crippen molar-refractivity contribution in [1.82, 2.24) is 5.32 Å². The number of benzene rings is 1. The lowest BCUT2D eigenvalue weighted by molar-refractivity contribution is -0.133. The van der Waals surface area contributed by atoms with Crippen LogP contribution in [0.1, 0.15) is 20.3 Å². The zero-order valence-electron chi connectivity index (χ0n) is 10.6. The number of carbonyl (C=O) groups is 2. The molecular formula is C13H14ClFN2O2. The van der Waals surface area contributed by atoms with Gasteiger partial charge in [-0.2, -0.15) is 0 Å². The fourth-order valence-corrected chi connectivity index (χ4v) is 2.27. The van der Waals surface area contributed by atoms with Gasteiger partial charge in [0, 0.05) is 5.69 Å². The molecule has 0 radical (unpaired) electrons. The van der Waals surface area contributed by atoms with Crippen molar-refractivity contribution in [3.05, 3.63) is 29.0 Å². The SMILES string of the molecule is CCC1NC(=O)C(C)N(c2ccc(F)c(Cl)c2)C1=O. The Bertz CT molecular complexity index is 535. The van der Waals surface area contributed by atoms with Crippen LogP contribution in [0.4, 0.5) is 10.1 Å². The van der Waals surface area contributed by atoms with Gasteiger partial charge in [-0.15, -0.1) is 0 Å². The van der Waals surface area contributed by atoms with E-state index >= 15 is 0 Å². The first-order valence-electron chi connectivity index (χ1n) is 6.04. The largest absolute Gasteiger partial charge is 0.343 e. The molecule has 1 fully saturated rings. The van der Waals surface area contributed by atoms with Crippen LogP contribution in [-0.4, -0.2) is 23.9 Å². The van der Waals surface area contributed by atoms with Crippen molar-refractivity contribution in [2.24, 2.45) is 0 Å². The standard InChI is InChI=1S/C13H14ClFN2O2/c1-3-11-13(19)17(7(2)12(18)16-11)8-4-5-10(15)9(14)6-8/h4-7,11H,3H2,1-2H3,(H,16,18). The van der Waals surface area contributed by atoms with Gasteiger partial charge in [0.25, 0.3) is 0 Å². The summed E-state index contributed by atoms with van der Waals surface area (Å²) in [6.07, 6.45) is 0.503. The molecule has 2 unspecified atom stereocenters. The maximum absolute atomic E-state index is 13.2. The molecule has 1 N–H and O–H groups in total. The molecule has 1 aliphatic heterocycles. The van der Waals surface area contributed by atoms with Gasteiger partial charge in [0.1, 0.15) is 17.9 Å². The number of hydrogen-bond acceptors (Lipinski definition) is 2. The van der Waals surface area contributed by atoms with Crippen molar-refractivity contribution in [3.63, 3.8) is 0 Å². The Morgan fingerprint density at radius 3 is 2.68 bits per heavy atom. The molecule has 102 valence electrons. The van der Waals surface area contributed by atoms with E-state index in [4.69, 9.17) is 11.6 Å². The molecule has 0 aliphatic carbocycles. The van der Waals surface area contributed by atoms with Gasteiger partial charge in [0.05, 0.1) is 5.02 Å². The average Bonchev–Trinajstić information content (AvgIpc) is 2.38. The third-order valence-electron chi connectivity index (χ3n) is 3.21. The Kier molecular flexibility index (Phi) is 3.75. The van der Waals surface area contributed by atoms with Crippen LogP contribution in [0, 0.1) is 5.82 Å². The summed E-state index contributed by atoms with van der Waals surface area (Å²) in [6, 6.07) is 2.80. The number of nitrogens with zero attached hydrogens (tertiary/aromatic N) is 1. The fourth-order valence-electron chi connectivity index (χ4n) is 2.09. The monoisotopic (exact) mass is 284 g/mol. The Morgan fingerprint density at radius 2 is 2.11 bits per heavy atom. The number of rotatable bonds is 2. The van der Waals surface area contributed by atoms with Gasteiger partial charge in [0.15, 0.2) is 0 Å². The third kappa shape index (κ3) is 2.42. The maximum Gasteiger partial charge on any atom is 0.250 e. The Balaban J connectivity index is 2.41. The Morgan fingerprint density at radius 1 is 1.42 bits per heavy atom. The second kappa shape index (κ2) is 5.17. The highest BCUT2D eigenvalue weighted by atomic mass is 35.5. The van der Waals surface area contributed by atoms with E-state index in [1.165, 1.54) is 23.1 Å². The van der Waals surface area contributed by atoms with Gasteiger partial charge in [-0.3, -0.25) is 14.5 Å². The maximum atomic E-state index is 13.2. The molecule has 0 aromatic heterocycles. The molecule has 2 atom stereocenters. The van der Waals surface area contributed by atoms with E-state index in [-0.39, 0.29) is 16.8 Å². The summed E-state index contributed by atoms with van der Waals surface area (Å²) in [5.41, 5.74) is 0.428. The summed E-state index contributed by atoms with van der Waals surface area (Å²) >= 11 is 5.72. The predicted molar refractivity (Wildman–Crippen MR) is 70.6 cm³/mol. The van der Waals surface area contributed by atoms with Gasteiger partial charge in [-0.05, 0) is 31.5 Å². The molecule has 1 heterocycles. The first-order valence-corrected chi connectivity index (χ1v) is 6.42. The molecular weight excluding hydrogens is 271 g/mol. The molecule has 1 aliphatic rings. The van der Waals surface area contributed by atoms with Gasteiger partial charge in [0.2, 0.25) is 11.8 Å². The van der Waals surface area contributed by atoms with E-state index in [1.807, 2.05) is 6.92 Å². The molecule has 1 aromatic carbocycles. The molecule has 2 amide bonds. The van der Waals surface area contributed by atoms with Gasteiger partial charge < -0.3 is 5.32 Å². The van der Waals surface area contributed by atoms with E-state index in [9.17, 15) is 14.0 Å². The van der Waals surface area contributed by atoms with Crippen LogP contribution in [-0.2, 0) is 9.59 Å². The number of carbonyl (C=O) groups excluding carboxylic acids is 2. The van der Waals surface area contributed by atoms with Crippen molar-refractivity contribution in [2.45, 2.75) is 32.4 Å². The summed E-state index contributed by atoms with van der Waals surface area (Å²) in [6.45, 7) is 3.44. The minimum absolute atomic E-state index is 0.0727. The van der Waals surface area contributed by atoms with Gasteiger partial charge in [-0.25, -0.2) is 4.39 Å². The van der Waals surface area contributed by atoms with Crippen LogP contribution in [0.5, 0.6) is 0 Å². The lowest BCUT2D eigenvalue weighted by Crippen LogP contribution is -2.62. The molecule has 2 rings (SSSR count). The van der Waals surface area contributed by atoms with E-state index in [0.29, 0.717) is 12.1 Å². The van der Waals surface area contributed by atoms with Crippen LogP contribution >= 0.6 is 11.6 Å². The molecule has 19 heavy (non-hydrogen) atoms. The van der Waals surface area contributed by atoms with Crippen molar-refractivity contribution in [2.75, 3.05) is 4.90 Å². The molecule has 0 bridgehead atoms. The second-order valence-electron chi connectivity index (χ2n) is 4.45. The topological polar surface area (TPSA) is 49.4 Å². The summed E-state index contributed by atoms with van der Waals surface area (Å²) in [7, 11) is 0. The highest BCUT2D eigenvalue weighted by molar-refractivity contribution is 6.31. The van der Waals surface area contributed by atoms with Crippen molar-refractivity contribution in [3.8, 4) is 0 Å². The third-order valence-corrected chi connectivity index (χ3v) is 3.50. The Labute approximate surface area is 115 Å². The van der Waals surface area contributed by atoms with Crippen LogP contribution in [0.2, 0.25) is 5.02 Å². The number of nitrogens with one attached hydrogen (secondary N) is 1. The number of amides is 2. The summed E-state index contributed by atoms with van der Waals surface area (Å²) in [4.78, 5) is 25.5. The fraction of sp³-hybridized carbons (Fsp3) is 0.385. The van der Waals surface area contributed by atoms with Crippen LogP contribution in [0.3, 0.4) is 0 Å². The number of anilines is 1. The van der Waals surface area contributed by atoms with E-state index < -0.39 is 17.9 Å². The zero-order chi connectivity index (χ0) is 14.2. The van der Waals surface area contributed by atoms with Gasteiger partial charge >= 0.3 is 0 Å².